The minimum absolute atomic E-state index is 0.0168. The fourth-order valence-electron chi connectivity index (χ4n) is 2.60. The largest absolute Gasteiger partial charge is 0.504 e. The zero-order valence-corrected chi connectivity index (χ0v) is 14.6. The van der Waals surface area contributed by atoms with Gasteiger partial charge in [-0.15, -0.1) is 0 Å². The smallest absolute Gasteiger partial charge is 0.244 e. The summed E-state index contributed by atoms with van der Waals surface area (Å²) in [5.74, 6) is -0.0821. The number of hydrogen-bond donors (Lipinski definition) is 2. The van der Waals surface area contributed by atoms with Gasteiger partial charge in [-0.3, -0.25) is 4.79 Å². The van der Waals surface area contributed by atoms with E-state index in [1.54, 1.807) is 18.5 Å². The van der Waals surface area contributed by atoms with Gasteiger partial charge >= 0.3 is 0 Å². The molecule has 0 bridgehead atoms. The molecule has 0 aliphatic carbocycles. The second-order valence-corrected chi connectivity index (χ2v) is 5.95. The Morgan fingerprint density at radius 1 is 1.38 bits per heavy atom. The standard InChI is InChI=1S/C19H20N4O3/c1-13(11-23-12-20-15-5-3-4-6-16(15)23)19(25)22-21-10-14-7-8-18(26-2)17(24)9-14/h3-10,12-13,24H,11H2,1-2H3,(H,22,25). The highest BCUT2D eigenvalue weighted by Crippen LogP contribution is 2.25. The molecular formula is C19H20N4O3. The van der Waals surface area contributed by atoms with E-state index in [1.165, 1.54) is 19.4 Å². The first-order chi connectivity index (χ1) is 12.6. The molecule has 7 heteroatoms. The second kappa shape index (κ2) is 7.69. The molecule has 1 atom stereocenters. The molecule has 3 rings (SSSR count). The van der Waals surface area contributed by atoms with E-state index in [9.17, 15) is 9.90 Å². The van der Waals surface area contributed by atoms with Gasteiger partial charge < -0.3 is 14.4 Å². The molecule has 134 valence electrons. The molecule has 1 aromatic heterocycles. The lowest BCUT2D eigenvalue weighted by Gasteiger charge is -2.11. The predicted octanol–water partition coefficient (Wildman–Crippen LogP) is 2.54. The first kappa shape index (κ1) is 17.5. The zero-order valence-electron chi connectivity index (χ0n) is 14.6. The van der Waals surface area contributed by atoms with E-state index >= 15 is 0 Å². The number of hydrogen-bond acceptors (Lipinski definition) is 5. The molecular weight excluding hydrogens is 332 g/mol. The number of benzene rings is 2. The maximum absolute atomic E-state index is 12.2. The molecule has 0 saturated heterocycles. The van der Waals surface area contributed by atoms with Crippen LogP contribution in [0.2, 0.25) is 0 Å². The second-order valence-electron chi connectivity index (χ2n) is 5.95. The predicted molar refractivity (Wildman–Crippen MR) is 99.3 cm³/mol. The lowest BCUT2D eigenvalue weighted by atomic mass is 10.1. The molecule has 0 aliphatic rings. The number of methoxy groups -OCH3 is 1. The summed E-state index contributed by atoms with van der Waals surface area (Å²) in [4.78, 5) is 16.6. The summed E-state index contributed by atoms with van der Waals surface area (Å²) in [6.07, 6.45) is 3.20. The Morgan fingerprint density at radius 3 is 2.96 bits per heavy atom. The number of nitrogens with one attached hydrogen (secondary N) is 1. The van der Waals surface area contributed by atoms with E-state index in [4.69, 9.17) is 4.74 Å². The third-order valence-electron chi connectivity index (χ3n) is 4.04. The minimum Gasteiger partial charge on any atom is -0.504 e. The summed E-state index contributed by atoms with van der Waals surface area (Å²) in [7, 11) is 1.48. The third-order valence-corrected chi connectivity index (χ3v) is 4.04. The van der Waals surface area contributed by atoms with Gasteiger partial charge in [0.2, 0.25) is 5.91 Å². The Morgan fingerprint density at radius 2 is 2.19 bits per heavy atom. The van der Waals surface area contributed by atoms with E-state index in [0.717, 1.165) is 11.0 Å². The van der Waals surface area contributed by atoms with Gasteiger partial charge in [-0.1, -0.05) is 19.1 Å². The van der Waals surface area contributed by atoms with Crippen molar-refractivity contribution in [2.24, 2.45) is 11.0 Å². The monoisotopic (exact) mass is 352 g/mol. The number of phenolic OH excluding ortho intramolecular Hbond substituents is 1. The Balaban J connectivity index is 1.60. The molecule has 0 radical (unpaired) electrons. The molecule has 0 fully saturated rings. The third kappa shape index (κ3) is 3.83. The van der Waals surface area contributed by atoms with E-state index in [0.29, 0.717) is 17.9 Å². The SMILES string of the molecule is COc1ccc(C=NNC(=O)C(C)Cn2cnc3ccccc32)cc1O. The van der Waals surface area contributed by atoms with Crippen molar-refractivity contribution in [2.45, 2.75) is 13.5 Å². The summed E-state index contributed by atoms with van der Waals surface area (Å²) < 4.78 is 6.93. The van der Waals surface area contributed by atoms with Crippen molar-refractivity contribution in [1.29, 1.82) is 0 Å². The van der Waals surface area contributed by atoms with E-state index < -0.39 is 0 Å². The summed E-state index contributed by atoms with van der Waals surface area (Å²) in [6, 6.07) is 12.7. The van der Waals surface area contributed by atoms with Crippen molar-refractivity contribution >= 4 is 23.2 Å². The quantitative estimate of drug-likeness (QED) is 0.527. The number of amides is 1. The maximum atomic E-state index is 12.2. The molecule has 0 spiro atoms. The van der Waals surface area contributed by atoms with Gasteiger partial charge in [0.1, 0.15) is 0 Å². The molecule has 1 heterocycles. The number of phenols is 1. The first-order valence-electron chi connectivity index (χ1n) is 8.18. The molecule has 26 heavy (non-hydrogen) atoms. The van der Waals surface area contributed by atoms with Crippen molar-refractivity contribution < 1.29 is 14.6 Å². The number of nitrogens with zero attached hydrogens (tertiary/aromatic N) is 3. The van der Waals surface area contributed by atoms with Crippen LogP contribution in [0.4, 0.5) is 0 Å². The number of carbonyl (C=O) groups is 1. The molecule has 0 aliphatic heterocycles. The van der Waals surface area contributed by atoms with E-state index in [-0.39, 0.29) is 17.6 Å². The average Bonchev–Trinajstić information content (AvgIpc) is 3.05. The van der Waals surface area contributed by atoms with Crippen LogP contribution in [-0.2, 0) is 11.3 Å². The van der Waals surface area contributed by atoms with Gasteiger partial charge in [0.15, 0.2) is 11.5 Å². The van der Waals surface area contributed by atoms with Crippen LogP contribution in [0, 0.1) is 5.92 Å². The van der Waals surface area contributed by atoms with Crippen LogP contribution in [-0.4, -0.2) is 33.9 Å². The summed E-state index contributed by atoms with van der Waals surface area (Å²) in [6.45, 7) is 2.34. The number of fused-ring (bicyclic) bond motifs is 1. The summed E-state index contributed by atoms with van der Waals surface area (Å²) >= 11 is 0. The normalized spacial score (nSPS) is 12.4. The van der Waals surface area contributed by atoms with E-state index in [2.05, 4.69) is 15.5 Å². The van der Waals surface area contributed by atoms with Gasteiger partial charge in [0, 0.05) is 6.54 Å². The van der Waals surface area contributed by atoms with Gasteiger partial charge in [0.05, 0.1) is 36.6 Å². The van der Waals surface area contributed by atoms with Crippen molar-refractivity contribution in [3.8, 4) is 11.5 Å². The molecule has 1 unspecified atom stereocenters. The number of imidazole rings is 1. The number of rotatable bonds is 6. The van der Waals surface area contributed by atoms with Crippen LogP contribution in [0.3, 0.4) is 0 Å². The zero-order chi connectivity index (χ0) is 18.5. The van der Waals surface area contributed by atoms with Crippen LogP contribution < -0.4 is 10.2 Å². The number of para-hydroxylation sites is 2. The average molecular weight is 352 g/mol. The molecule has 7 nitrogen and oxygen atoms in total. The van der Waals surface area contributed by atoms with Gasteiger partial charge in [-0.25, -0.2) is 10.4 Å². The van der Waals surface area contributed by atoms with Crippen LogP contribution in [0.1, 0.15) is 12.5 Å². The van der Waals surface area contributed by atoms with Crippen molar-refractivity contribution in [3.05, 3.63) is 54.4 Å². The van der Waals surface area contributed by atoms with Crippen LogP contribution in [0.5, 0.6) is 11.5 Å². The van der Waals surface area contributed by atoms with Gasteiger partial charge in [-0.2, -0.15) is 5.10 Å². The summed E-state index contributed by atoms with van der Waals surface area (Å²) in [5, 5.41) is 13.7. The number of carbonyl (C=O) groups excluding carboxylic acids is 1. The fraction of sp³-hybridized carbons (Fsp3) is 0.211. The highest BCUT2D eigenvalue weighted by Gasteiger charge is 2.14. The molecule has 2 aromatic carbocycles. The van der Waals surface area contributed by atoms with Gasteiger partial charge in [0.25, 0.3) is 0 Å². The fourth-order valence-corrected chi connectivity index (χ4v) is 2.60. The highest BCUT2D eigenvalue weighted by atomic mass is 16.5. The number of hydrazone groups is 1. The lowest BCUT2D eigenvalue weighted by Crippen LogP contribution is -2.27. The molecule has 0 saturated carbocycles. The number of ether oxygens (including phenoxy) is 1. The minimum atomic E-state index is -0.283. The van der Waals surface area contributed by atoms with Crippen LogP contribution in [0.25, 0.3) is 11.0 Å². The Bertz CT molecular complexity index is 949. The molecule has 2 N–H and O–H groups in total. The number of aromatic hydroxyl groups is 1. The van der Waals surface area contributed by atoms with Gasteiger partial charge in [-0.05, 0) is 35.9 Å². The Kier molecular flexibility index (Phi) is 5.17. The topological polar surface area (TPSA) is 88.7 Å². The summed E-state index contributed by atoms with van der Waals surface area (Å²) in [5.41, 5.74) is 5.06. The first-order valence-corrected chi connectivity index (χ1v) is 8.18. The molecule has 1 amide bonds. The maximum Gasteiger partial charge on any atom is 0.244 e. The van der Waals surface area contributed by atoms with E-state index in [1.807, 2.05) is 35.8 Å². The van der Waals surface area contributed by atoms with Crippen molar-refractivity contribution in [3.63, 3.8) is 0 Å². The van der Waals surface area contributed by atoms with Crippen LogP contribution >= 0.6 is 0 Å². The molecule has 3 aromatic rings. The number of aromatic nitrogens is 2. The Hall–Kier alpha value is -3.35. The highest BCUT2D eigenvalue weighted by molar-refractivity contribution is 5.84. The van der Waals surface area contributed by atoms with Crippen molar-refractivity contribution in [1.82, 2.24) is 15.0 Å². The van der Waals surface area contributed by atoms with Crippen molar-refractivity contribution in [2.75, 3.05) is 7.11 Å². The lowest BCUT2D eigenvalue weighted by molar-refractivity contribution is -0.124. The van der Waals surface area contributed by atoms with Crippen LogP contribution in [0.15, 0.2) is 53.9 Å². The Labute approximate surface area is 150 Å².